The molecule has 3 aromatic rings. The number of amides is 1. The standard InChI is InChI=1S/C26H30FN3O3/c1-3-10-28-14-18-12-19-6-9-24(17(2)25(19)29-15-18)30-26(31)22-8-7-20(13-23(22)27)33-16-21-5-4-11-32-21/h6-9,12-13,15,21,28H,3-5,10-11,14,16H2,1-2H3,(H,30,31)/t21-/m0/s1. The second-order valence-corrected chi connectivity index (χ2v) is 8.37. The lowest BCUT2D eigenvalue weighted by Crippen LogP contribution is -2.17. The van der Waals surface area contributed by atoms with Gasteiger partial charge in [-0.2, -0.15) is 0 Å². The maximum absolute atomic E-state index is 14.6. The molecule has 0 spiro atoms. The van der Waals surface area contributed by atoms with Crippen molar-refractivity contribution < 1.29 is 18.7 Å². The highest BCUT2D eigenvalue weighted by Crippen LogP contribution is 2.26. The fourth-order valence-electron chi connectivity index (χ4n) is 3.96. The Hall–Kier alpha value is -3.03. The minimum Gasteiger partial charge on any atom is -0.491 e. The van der Waals surface area contributed by atoms with Gasteiger partial charge in [0.15, 0.2) is 0 Å². The molecule has 1 aliphatic rings. The number of carbonyl (C=O) groups excluding carboxylic acids is 1. The Bertz CT molecular complexity index is 1130. The molecule has 1 saturated heterocycles. The summed E-state index contributed by atoms with van der Waals surface area (Å²) in [5.74, 6) is -0.756. The van der Waals surface area contributed by atoms with Gasteiger partial charge in [0.05, 0.1) is 17.2 Å². The van der Waals surface area contributed by atoms with E-state index >= 15 is 0 Å². The summed E-state index contributed by atoms with van der Waals surface area (Å²) < 4.78 is 25.8. The Morgan fingerprint density at radius 2 is 2.15 bits per heavy atom. The number of carbonyl (C=O) groups is 1. The number of nitrogens with one attached hydrogen (secondary N) is 2. The van der Waals surface area contributed by atoms with Gasteiger partial charge in [-0.1, -0.05) is 13.0 Å². The molecule has 0 aliphatic carbocycles. The average Bonchev–Trinajstić information content (AvgIpc) is 3.33. The molecule has 0 saturated carbocycles. The second-order valence-electron chi connectivity index (χ2n) is 8.37. The van der Waals surface area contributed by atoms with Crippen LogP contribution in [-0.4, -0.2) is 36.8 Å². The molecular formula is C26H30FN3O3. The first-order valence-corrected chi connectivity index (χ1v) is 11.5. The van der Waals surface area contributed by atoms with Crippen LogP contribution < -0.4 is 15.4 Å². The third-order valence-electron chi connectivity index (χ3n) is 5.81. The molecule has 0 radical (unpaired) electrons. The number of hydrogen-bond donors (Lipinski definition) is 2. The first-order chi connectivity index (χ1) is 16.0. The van der Waals surface area contributed by atoms with E-state index in [1.54, 1.807) is 6.07 Å². The highest BCUT2D eigenvalue weighted by atomic mass is 19.1. The largest absolute Gasteiger partial charge is 0.491 e. The monoisotopic (exact) mass is 451 g/mol. The van der Waals surface area contributed by atoms with Gasteiger partial charge >= 0.3 is 0 Å². The number of halogens is 1. The van der Waals surface area contributed by atoms with Crippen LogP contribution in [0.3, 0.4) is 0 Å². The molecule has 0 bridgehead atoms. The number of nitrogens with zero attached hydrogens (tertiary/aromatic N) is 1. The van der Waals surface area contributed by atoms with Gasteiger partial charge in [0.1, 0.15) is 18.2 Å². The van der Waals surface area contributed by atoms with Gasteiger partial charge in [0.25, 0.3) is 5.91 Å². The molecule has 6 nitrogen and oxygen atoms in total. The molecule has 1 fully saturated rings. The number of pyridine rings is 1. The van der Waals surface area contributed by atoms with Crippen molar-refractivity contribution in [3.63, 3.8) is 0 Å². The lowest BCUT2D eigenvalue weighted by molar-refractivity contribution is 0.0678. The molecule has 1 atom stereocenters. The van der Waals surface area contributed by atoms with Crippen LogP contribution in [0.2, 0.25) is 0 Å². The predicted octanol–water partition coefficient (Wildman–Crippen LogP) is 4.99. The van der Waals surface area contributed by atoms with E-state index in [2.05, 4.69) is 28.6 Å². The molecule has 1 aliphatic heterocycles. The van der Waals surface area contributed by atoms with Crippen molar-refractivity contribution in [1.29, 1.82) is 0 Å². The Kier molecular flexibility index (Phi) is 7.52. The molecule has 1 aromatic heterocycles. The van der Waals surface area contributed by atoms with E-state index in [0.717, 1.165) is 61.0 Å². The predicted molar refractivity (Wildman–Crippen MR) is 127 cm³/mol. The van der Waals surface area contributed by atoms with Crippen LogP contribution in [0, 0.1) is 12.7 Å². The van der Waals surface area contributed by atoms with E-state index in [4.69, 9.17) is 9.47 Å². The average molecular weight is 452 g/mol. The summed E-state index contributed by atoms with van der Waals surface area (Å²) >= 11 is 0. The van der Waals surface area contributed by atoms with Crippen molar-refractivity contribution in [2.24, 2.45) is 0 Å². The summed E-state index contributed by atoms with van der Waals surface area (Å²) in [6, 6.07) is 10.1. The van der Waals surface area contributed by atoms with E-state index in [1.165, 1.54) is 12.1 Å². The van der Waals surface area contributed by atoms with Gasteiger partial charge in [0, 0.05) is 36.5 Å². The SMILES string of the molecule is CCCNCc1cnc2c(C)c(NC(=O)c3ccc(OC[C@@H]4CCCO4)cc3F)ccc2c1. The smallest absolute Gasteiger partial charge is 0.258 e. The van der Waals surface area contributed by atoms with Gasteiger partial charge in [-0.15, -0.1) is 0 Å². The third-order valence-corrected chi connectivity index (χ3v) is 5.81. The van der Waals surface area contributed by atoms with Gasteiger partial charge < -0.3 is 20.1 Å². The quantitative estimate of drug-likeness (QED) is 0.449. The number of aryl methyl sites for hydroxylation is 1. The van der Waals surface area contributed by atoms with Gasteiger partial charge in [0.2, 0.25) is 0 Å². The molecular weight excluding hydrogens is 421 g/mol. The Balaban J connectivity index is 1.44. The van der Waals surface area contributed by atoms with Crippen molar-refractivity contribution >= 4 is 22.5 Å². The van der Waals surface area contributed by atoms with Crippen LogP contribution in [0.4, 0.5) is 10.1 Å². The van der Waals surface area contributed by atoms with Gasteiger partial charge in [-0.3, -0.25) is 9.78 Å². The fourth-order valence-corrected chi connectivity index (χ4v) is 3.96. The molecule has 2 N–H and O–H groups in total. The summed E-state index contributed by atoms with van der Waals surface area (Å²) in [7, 11) is 0. The van der Waals surface area contributed by atoms with Crippen molar-refractivity contribution in [2.75, 3.05) is 25.1 Å². The van der Waals surface area contributed by atoms with E-state index in [0.29, 0.717) is 18.0 Å². The number of benzene rings is 2. The Morgan fingerprint density at radius 1 is 1.27 bits per heavy atom. The molecule has 33 heavy (non-hydrogen) atoms. The number of fused-ring (bicyclic) bond motifs is 1. The number of ether oxygens (including phenoxy) is 2. The summed E-state index contributed by atoms with van der Waals surface area (Å²) in [5.41, 5.74) is 3.33. The van der Waals surface area contributed by atoms with Crippen LogP contribution in [0.5, 0.6) is 5.75 Å². The first kappa shape index (κ1) is 23.1. The normalized spacial score (nSPS) is 15.7. The van der Waals surface area contributed by atoms with Gasteiger partial charge in [-0.25, -0.2) is 4.39 Å². The van der Waals surface area contributed by atoms with Crippen molar-refractivity contribution in [3.05, 3.63) is 65.1 Å². The number of aromatic nitrogens is 1. The molecule has 2 heterocycles. The van der Waals surface area contributed by atoms with E-state index in [9.17, 15) is 9.18 Å². The molecule has 2 aromatic carbocycles. The number of hydrogen-bond acceptors (Lipinski definition) is 5. The summed E-state index contributed by atoms with van der Waals surface area (Å²) in [5, 5.41) is 7.19. The summed E-state index contributed by atoms with van der Waals surface area (Å²) in [6.45, 7) is 6.87. The fraction of sp³-hybridized carbons (Fsp3) is 0.385. The number of rotatable bonds is 9. The van der Waals surface area contributed by atoms with Crippen molar-refractivity contribution in [1.82, 2.24) is 10.3 Å². The zero-order chi connectivity index (χ0) is 23.2. The highest BCUT2D eigenvalue weighted by molar-refractivity contribution is 6.06. The highest BCUT2D eigenvalue weighted by Gasteiger charge is 2.18. The van der Waals surface area contributed by atoms with Crippen molar-refractivity contribution in [3.8, 4) is 5.75 Å². The molecule has 7 heteroatoms. The zero-order valence-corrected chi connectivity index (χ0v) is 19.1. The van der Waals surface area contributed by atoms with E-state index in [-0.39, 0.29) is 11.7 Å². The number of anilines is 1. The summed E-state index contributed by atoms with van der Waals surface area (Å²) in [6.07, 6.45) is 4.93. The van der Waals surface area contributed by atoms with Crippen LogP contribution in [0.1, 0.15) is 47.7 Å². The Labute approximate surface area is 193 Å². The molecule has 1 amide bonds. The van der Waals surface area contributed by atoms with Crippen LogP contribution in [0.15, 0.2) is 42.6 Å². The van der Waals surface area contributed by atoms with E-state index in [1.807, 2.05) is 25.3 Å². The maximum Gasteiger partial charge on any atom is 0.258 e. The minimum absolute atomic E-state index is 0.0377. The maximum atomic E-state index is 14.6. The minimum atomic E-state index is -0.627. The van der Waals surface area contributed by atoms with Crippen LogP contribution in [-0.2, 0) is 11.3 Å². The lowest BCUT2D eigenvalue weighted by atomic mass is 10.1. The lowest BCUT2D eigenvalue weighted by Gasteiger charge is -2.14. The van der Waals surface area contributed by atoms with Crippen LogP contribution in [0.25, 0.3) is 10.9 Å². The Morgan fingerprint density at radius 3 is 2.91 bits per heavy atom. The molecule has 0 unspecified atom stereocenters. The topological polar surface area (TPSA) is 72.5 Å². The zero-order valence-electron chi connectivity index (χ0n) is 19.1. The van der Waals surface area contributed by atoms with Gasteiger partial charge in [-0.05, 0) is 68.1 Å². The summed E-state index contributed by atoms with van der Waals surface area (Å²) in [4.78, 5) is 17.4. The third kappa shape index (κ3) is 5.67. The molecule has 4 rings (SSSR count). The molecule has 174 valence electrons. The first-order valence-electron chi connectivity index (χ1n) is 11.5. The van der Waals surface area contributed by atoms with E-state index < -0.39 is 11.7 Å². The second kappa shape index (κ2) is 10.7. The van der Waals surface area contributed by atoms with Crippen molar-refractivity contribution in [2.45, 2.75) is 45.8 Å². The van der Waals surface area contributed by atoms with Crippen LogP contribution >= 0.6 is 0 Å².